The summed E-state index contributed by atoms with van der Waals surface area (Å²) in [6.45, 7) is 16.6. The third-order valence-corrected chi connectivity index (χ3v) is 5.36. The summed E-state index contributed by atoms with van der Waals surface area (Å²) in [5.74, 6) is 1.96. The Bertz CT molecular complexity index is 1170. The van der Waals surface area contributed by atoms with E-state index in [1.807, 2.05) is 38.4 Å². The Hall–Kier alpha value is -3.56. The van der Waals surface area contributed by atoms with Crippen molar-refractivity contribution in [1.29, 1.82) is 0 Å². The molecule has 10 nitrogen and oxygen atoms in total. The molecule has 0 atom stereocenters. The van der Waals surface area contributed by atoms with Gasteiger partial charge in [0.05, 0.1) is 16.8 Å². The highest BCUT2D eigenvalue weighted by molar-refractivity contribution is 5.24. The molecule has 0 saturated heterocycles. The molecule has 0 aliphatic carbocycles. The van der Waals surface area contributed by atoms with E-state index in [1.165, 1.54) is 12.7 Å². The first-order chi connectivity index (χ1) is 15.4. The number of aromatic nitrogens is 10. The summed E-state index contributed by atoms with van der Waals surface area (Å²) in [7, 11) is 0. The Morgan fingerprint density at radius 1 is 0.576 bits per heavy atom. The zero-order valence-corrected chi connectivity index (χ0v) is 20.4. The molecule has 4 aromatic rings. The smallest absolute Gasteiger partial charge is 0.220 e. The van der Waals surface area contributed by atoms with Crippen LogP contribution in [0.1, 0.15) is 78.4 Å². The molecule has 0 unspecified atom stereocenters. The molecular formula is C23H30N10. The zero-order valence-electron chi connectivity index (χ0n) is 20.4. The van der Waals surface area contributed by atoms with Crippen LogP contribution in [0.2, 0.25) is 0 Å². The third kappa shape index (κ3) is 4.50. The van der Waals surface area contributed by atoms with Crippen LogP contribution in [-0.4, -0.2) is 49.5 Å². The molecule has 0 amide bonds. The molecule has 172 valence electrons. The predicted octanol–water partition coefficient (Wildman–Crippen LogP) is 3.35. The standard InChI is InChI=1S/C23H30N10/c1-21(2,3)15-9-11-32(30-15)19-26-13-24-17(28-19)23(7,8)18-25-14-27-20(29-18)33-12-10-16(31-33)22(4,5)6/h9-14H,1-8H3. The number of hydrogen-bond donors (Lipinski definition) is 0. The summed E-state index contributed by atoms with van der Waals surface area (Å²) in [4.78, 5) is 26.8. The molecule has 0 fully saturated rings. The lowest BCUT2D eigenvalue weighted by Crippen LogP contribution is -2.27. The van der Waals surface area contributed by atoms with Crippen molar-refractivity contribution in [2.75, 3.05) is 0 Å². The minimum absolute atomic E-state index is 0.0684. The highest BCUT2D eigenvalue weighted by atomic mass is 15.4. The zero-order chi connectivity index (χ0) is 24.0. The van der Waals surface area contributed by atoms with Crippen LogP contribution in [0.4, 0.5) is 0 Å². The molecule has 0 aliphatic rings. The van der Waals surface area contributed by atoms with Crippen LogP contribution in [0, 0.1) is 0 Å². The first-order valence-corrected chi connectivity index (χ1v) is 10.9. The lowest BCUT2D eigenvalue weighted by molar-refractivity contribution is 0.527. The van der Waals surface area contributed by atoms with Gasteiger partial charge in [-0.2, -0.15) is 30.1 Å². The first-order valence-electron chi connectivity index (χ1n) is 10.9. The van der Waals surface area contributed by atoms with Crippen molar-refractivity contribution in [2.45, 2.75) is 71.6 Å². The van der Waals surface area contributed by atoms with Gasteiger partial charge < -0.3 is 0 Å². The van der Waals surface area contributed by atoms with Gasteiger partial charge in [0, 0.05) is 23.2 Å². The maximum absolute atomic E-state index is 4.68. The van der Waals surface area contributed by atoms with Crippen molar-refractivity contribution in [3.05, 3.63) is 60.2 Å². The van der Waals surface area contributed by atoms with Gasteiger partial charge in [0.2, 0.25) is 0 Å². The van der Waals surface area contributed by atoms with Crippen molar-refractivity contribution in [1.82, 2.24) is 49.5 Å². The second-order valence-corrected chi connectivity index (χ2v) is 10.6. The molecule has 0 spiro atoms. The Kier molecular flexibility index (Phi) is 5.34. The Labute approximate surface area is 193 Å². The Morgan fingerprint density at radius 2 is 0.970 bits per heavy atom. The molecule has 0 N–H and O–H groups in total. The molecule has 4 heterocycles. The highest BCUT2D eigenvalue weighted by Gasteiger charge is 2.31. The van der Waals surface area contributed by atoms with E-state index in [2.05, 4.69) is 81.6 Å². The van der Waals surface area contributed by atoms with Gasteiger partial charge >= 0.3 is 0 Å². The van der Waals surface area contributed by atoms with Gasteiger partial charge in [-0.3, -0.25) is 0 Å². The molecule has 0 radical (unpaired) electrons. The summed E-state index contributed by atoms with van der Waals surface area (Å²) >= 11 is 0. The SMILES string of the molecule is CC(C)(C)c1ccn(-c2ncnc(C(C)(C)c3ncnc(-n4ccc(C(C)(C)C)n4)n3)n2)n1. The maximum atomic E-state index is 4.68. The first kappa shape index (κ1) is 22.6. The van der Waals surface area contributed by atoms with E-state index in [1.54, 1.807) is 9.36 Å². The van der Waals surface area contributed by atoms with Crippen LogP contribution in [0.3, 0.4) is 0 Å². The van der Waals surface area contributed by atoms with Gasteiger partial charge in [0.15, 0.2) is 0 Å². The van der Waals surface area contributed by atoms with E-state index in [4.69, 9.17) is 0 Å². The minimum atomic E-state index is -0.699. The minimum Gasteiger partial charge on any atom is -0.220 e. The van der Waals surface area contributed by atoms with Crippen molar-refractivity contribution >= 4 is 0 Å². The van der Waals surface area contributed by atoms with E-state index in [-0.39, 0.29) is 10.8 Å². The molecule has 0 bridgehead atoms. The maximum Gasteiger partial charge on any atom is 0.253 e. The average molecular weight is 447 g/mol. The summed E-state index contributed by atoms with van der Waals surface area (Å²) in [6.07, 6.45) is 6.70. The van der Waals surface area contributed by atoms with Crippen LogP contribution < -0.4 is 0 Å². The summed E-state index contributed by atoms with van der Waals surface area (Å²) in [5.41, 5.74) is 1.08. The van der Waals surface area contributed by atoms with Gasteiger partial charge in [-0.25, -0.2) is 19.3 Å². The van der Waals surface area contributed by atoms with E-state index < -0.39 is 5.41 Å². The fourth-order valence-corrected chi connectivity index (χ4v) is 3.17. The number of nitrogens with zero attached hydrogens (tertiary/aromatic N) is 10. The van der Waals surface area contributed by atoms with Crippen molar-refractivity contribution < 1.29 is 0 Å². The van der Waals surface area contributed by atoms with Gasteiger partial charge in [-0.15, -0.1) is 0 Å². The van der Waals surface area contributed by atoms with Crippen LogP contribution >= 0.6 is 0 Å². The van der Waals surface area contributed by atoms with Crippen molar-refractivity contribution in [3.63, 3.8) is 0 Å². The monoisotopic (exact) mass is 446 g/mol. The molecule has 0 aromatic carbocycles. The molecule has 33 heavy (non-hydrogen) atoms. The number of rotatable bonds is 4. The molecular weight excluding hydrogens is 416 g/mol. The van der Waals surface area contributed by atoms with Gasteiger partial charge in [-0.05, 0) is 26.0 Å². The lowest BCUT2D eigenvalue weighted by atomic mass is 9.91. The molecule has 0 aliphatic heterocycles. The van der Waals surface area contributed by atoms with Crippen molar-refractivity contribution in [2.24, 2.45) is 0 Å². The number of hydrogen-bond acceptors (Lipinski definition) is 8. The largest absolute Gasteiger partial charge is 0.253 e. The average Bonchev–Trinajstić information content (AvgIpc) is 3.44. The summed E-state index contributed by atoms with van der Waals surface area (Å²) < 4.78 is 3.33. The predicted molar refractivity (Wildman–Crippen MR) is 123 cm³/mol. The highest BCUT2D eigenvalue weighted by Crippen LogP contribution is 2.27. The third-order valence-electron chi connectivity index (χ3n) is 5.36. The van der Waals surface area contributed by atoms with Gasteiger partial charge in [0.25, 0.3) is 11.9 Å². The van der Waals surface area contributed by atoms with E-state index >= 15 is 0 Å². The van der Waals surface area contributed by atoms with E-state index in [0.717, 1.165) is 11.4 Å². The molecule has 10 heteroatoms. The quantitative estimate of drug-likeness (QED) is 0.469. The summed E-state index contributed by atoms with van der Waals surface area (Å²) in [5, 5.41) is 9.27. The van der Waals surface area contributed by atoms with E-state index in [9.17, 15) is 0 Å². The van der Waals surface area contributed by atoms with Crippen molar-refractivity contribution in [3.8, 4) is 11.9 Å². The van der Waals surface area contributed by atoms with Crippen LogP contribution in [0.5, 0.6) is 0 Å². The van der Waals surface area contributed by atoms with E-state index in [0.29, 0.717) is 23.5 Å². The fourth-order valence-electron chi connectivity index (χ4n) is 3.17. The van der Waals surface area contributed by atoms with Crippen LogP contribution in [0.25, 0.3) is 11.9 Å². The fraction of sp³-hybridized carbons (Fsp3) is 0.478. The Balaban J connectivity index is 1.68. The van der Waals surface area contributed by atoms with Gasteiger partial charge in [0.1, 0.15) is 24.3 Å². The van der Waals surface area contributed by atoms with Crippen LogP contribution in [-0.2, 0) is 16.2 Å². The Morgan fingerprint density at radius 3 is 1.30 bits per heavy atom. The second-order valence-electron chi connectivity index (χ2n) is 10.6. The molecule has 4 rings (SSSR count). The normalized spacial score (nSPS) is 12.8. The second kappa shape index (κ2) is 7.79. The van der Waals surface area contributed by atoms with Gasteiger partial charge in [-0.1, -0.05) is 41.5 Å². The topological polar surface area (TPSA) is 113 Å². The lowest BCUT2D eigenvalue weighted by Gasteiger charge is -2.21. The summed E-state index contributed by atoms with van der Waals surface area (Å²) in [6, 6.07) is 3.95. The molecule has 4 aromatic heterocycles. The molecule has 0 saturated carbocycles. The van der Waals surface area contributed by atoms with Crippen LogP contribution in [0.15, 0.2) is 37.2 Å².